The van der Waals surface area contributed by atoms with Gasteiger partial charge in [-0.1, -0.05) is 24.3 Å². The van der Waals surface area contributed by atoms with Crippen LogP contribution in [0.3, 0.4) is 0 Å². The van der Waals surface area contributed by atoms with Crippen molar-refractivity contribution in [2.75, 3.05) is 70.4 Å². The molecule has 1 heterocycles. The summed E-state index contributed by atoms with van der Waals surface area (Å²) >= 11 is 23.6. The molecule has 0 saturated carbocycles. The third-order valence-electron chi connectivity index (χ3n) is 5.56. The molecule has 0 aliphatic carbocycles. The molecule has 0 radical (unpaired) electrons. The standard InChI is InChI=1S/C27H32Cl4N8/c1-21-18-26(36-32-19-22-2-6-24(7-3-22)38(14-10-28)15-11-29)35-27(34-21)37-33-20-23-4-8-25(9-5-23)39(16-12-30)17-13-31/h2-9,18-20H,10-17H2,1H3,(H2,34,35,36,37)/b32-19+,33-20-. The van der Waals surface area contributed by atoms with Crippen LogP contribution in [0, 0.1) is 6.92 Å². The number of rotatable bonds is 16. The van der Waals surface area contributed by atoms with Crippen LogP contribution < -0.4 is 20.7 Å². The predicted octanol–water partition coefficient (Wildman–Crippen LogP) is 6.25. The van der Waals surface area contributed by atoms with E-state index in [1.807, 2.05) is 55.5 Å². The number of hydrogen-bond acceptors (Lipinski definition) is 8. The van der Waals surface area contributed by atoms with Gasteiger partial charge in [-0.05, 0) is 42.3 Å². The van der Waals surface area contributed by atoms with Crippen molar-refractivity contribution in [2.45, 2.75) is 6.92 Å². The fourth-order valence-electron chi connectivity index (χ4n) is 3.70. The molecule has 0 fully saturated rings. The van der Waals surface area contributed by atoms with Gasteiger partial charge in [0.05, 0.1) is 12.4 Å². The van der Waals surface area contributed by atoms with Crippen molar-refractivity contribution < 1.29 is 0 Å². The second-order valence-electron chi connectivity index (χ2n) is 8.37. The maximum atomic E-state index is 5.91. The summed E-state index contributed by atoms with van der Waals surface area (Å²) in [4.78, 5) is 13.1. The van der Waals surface area contributed by atoms with Crippen molar-refractivity contribution in [3.8, 4) is 0 Å². The Hall–Kier alpha value is -2.78. The number of hydrogen-bond donors (Lipinski definition) is 2. The maximum absolute atomic E-state index is 5.91. The first-order chi connectivity index (χ1) is 19.1. The van der Waals surface area contributed by atoms with E-state index in [4.69, 9.17) is 46.4 Å². The molecule has 0 aliphatic rings. The molecule has 1 aromatic heterocycles. The summed E-state index contributed by atoms with van der Waals surface area (Å²) in [5.74, 6) is 3.08. The van der Waals surface area contributed by atoms with Crippen LogP contribution in [0.25, 0.3) is 0 Å². The zero-order valence-electron chi connectivity index (χ0n) is 21.7. The topological polar surface area (TPSA) is 81.0 Å². The molecule has 8 nitrogen and oxygen atoms in total. The van der Waals surface area contributed by atoms with Crippen LogP contribution in [-0.2, 0) is 0 Å². The Morgan fingerprint density at radius 3 is 1.54 bits per heavy atom. The van der Waals surface area contributed by atoms with Crippen LogP contribution in [0.1, 0.15) is 16.8 Å². The first-order valence-corrected chi connectivity index (χ1v) is 14.6. The molecule has 39 heavy (non-hydrogen) atoms. The minimum Gasteiger partial charge on any atom is -0.369 e. The van der Waals surface area contributed by atoms with E-state index in [-0.39, 0.29) is 0 Å². The van der Waals surface area contributed by atoms with Gasteiger partial charge in [-0.2, -0.15) is 15.2 Å². The number of aryl methyl sites for hydroxylation is 1. The average molecular weight is 610 g/mol. The fourth-order valence-corrected chi connectivity index (χ4v) is 4.52. The summed E-state index contributed by atoms with van der Waals surface area (Å²) in [6, 6.07) is 17.8. The Labute approximate surface area is 250 Å². The van der Waals surface area contributed by atoms with Crippen LogP contribution in [0.5, 0.6) is 0 Å². The van der Waals surface area contributed by atoms with Crippen molar-refractivity contribution in [1.29, 1.82) is 0 Å². The molecule has 208 valence electrons. The largest absolute Gasteiger partial charge is 0.369 e. The summed E-state index contributed by atoms with van der Waals surface area (Å²) in [5, 5.41) is 8.59. The molecule has 0 spiro atoms. The third-order valence-corrected chi connectivity index (χ3v) is 6.24. The molecule has 2 N–H and O–H groups in total. The molecule has 0 saturated heterocycles. The zero-order valence-corrected chi connectivity index (χ0v) is 24.7. The third kappa shape index (κ3) is 10.4. The van der Waals surface area contributed by atoms with Crippen molar-refractivity contribution in [3.63, 3.8) is 0 Å². The summed E-state index contributed by atoms with van der Waals surface area (Å²) in [7, 11) is 0. The summed E-state index contributed by atoms with van der Waals surface area (Å²) in [5.41, 5.74) is 10.6. The Morgan fingerprint density at radius 1 is 0.667 bits per heavy atom. The molecule has 2 aromatic carbocycles. The maximum Gasteiger partial charge on any atom is 0.245 e. The first-order valence-electron chi connectivity index (χ1n) is 12.4. The smallest absolute Gasteiger partial charge is 0.245 e. The molecule has 0 atom stereocenters. The normalized spacial score (nSPS) is 11.3. The number of nitrogens with one attached hydrogen (secondary N) is 2. The number of anilines is 4. The van der Waals surface area contributed by atoms with Crippen molar-refractivity contribution >= 4 is 82.0 Å². The molecule has 0 amide bonds. The predicted molar refractivity (Wildman–Crippen MR) is 169 cm³/mol. The summed E-state index contributed by atoms with van der Waals surface area (Å²) in [6.45, 7) is 4.84. The number of nitrogens with zero attached hydrogens (tertiary/aromatic N) is 6. The molecule has 12 heteroatoms. The summed E-state index contributed by atoms with van der Waals surface area (Å²) < 4.78 is 0. The van der Waals surface area contributed by atoms with Gasteiger partial charge in [0.2, 0.25) is 5.95 Å². The van der Waals surface area contributed by atoms with E-state index in [1.54, 1.807) is 18.5 Å². The number of benzene rings is 2. The van der Waals surface area contributed by atoms with Crippen molar-refractivity contribution in [3.05, 3.63) is 71.4 Å². The van der Waals surface area contributed by atoms with E-state index in [1.165, 1.54) is 0 Å². The Morgan fingerprint density at radius 2 is 1.10 bits per heavy atom. The second-order valence-corrected chi connectivity index (χ2v) is 9.88. The summed E-state index contributed by atoms with van der Waals surface area (Å²) in [6.07, 6.45) is 3.43. The van der Waals surface area contributed by atoms with Gasteiger partial charge in [0, 0.05) is 72.8 Å². The highest BCUT2D eigenvalue weighted by molar-refractivity contribution is 6.19. The molecule has 0 bridgehead atoms. The van der Waals surface area contributed by atoms with Gasteiger partial charge >= 0.3 is 0 Å². The van der Waals surface area contributed by atoms with Gasteiger partial charge < -0.3 is 9.80 Å². The van der Waals surface area contributed by atoms with Gasteiger partial charge in [0.25, 0.3) is 0 Å². The molecular weight excluding hydrogens is 578 g/mol. The molecule has 3 rings (SSSR count). The van der Waals surface area contributed by atoms with E-state index < -0.39 is 0 Å². The van der Waals surface area contributed by atoms with E-state index in [0.29, 0.717) is 35.3 Å². The Balaban J connectivity index is 1.57. The zero-order chi connectivity index (χ0) is 27.9. The van der Waals surface area contributed by atoms with E-state index in [9.17, 15) is 0 Å². The lowest BCUT2D eigenvalue weighted by atomic mass is 10.2. The minimum atomic E-state index is 0.360. The van der Waals surface area contributed by atoms with Crippen LogP contribution in [-0.4, -0.2) is 72.1 Å². The molecule has 0 aliphatic heterocycles. The van der Waals surface area contributed by atoms with Gasteiger partial charge in [0.15, 0.2) is 5.82 Å². The Kier molecular flexibility index (Phi) is 13.4. The van der Waals surface area contributed by atoms with Gasteiger partial charge in [-0.15, -0.1) is 46.4 Å². The number of hydrazone groups is 2. The van der Waals surface area contributed by atoms with Gasteiger partial charge in [-0.25, -0.2) is 10.4 Å². The lowest BCUT2D eigenvalue weighted by molar-refractivity contribution is 0.874. The van der Waals surface area contributed by atoms with Crippen LogP contribution >= 0.6 is 46.4 Å². The average Bonchev–Trinajstić information content (AvgIpc) is 2.93. The molecular formula is C27H32Cl4N8. The van der Waals surface area contributed by atoms with E-state index >= 15 is 0 Å². The van der Waals surface area contributed by atoms with E-state index in [2.05, 4.69) is 40.8 Å². The fraction of sp³-hybridized carbons (Fsp3) is 0.333. The molecule has 0 unspecified atom stereocenters. The number of alkyl halides is 4. The van der Waals surface area contributed by atoms with Crippen LogP contribution in [0.4, 0.5) is 23.1 Å². The number of aromatic nitrogens is 2. The highest BCUT2D eigenvalue weighted by Crippen LogP contribution is 2.17. The quantitative estimate of drug-likeness (QED) is 0.114. The lowest BCUT2D eigenvalue weighted by Gasteiger charge is -2.22. The second kappa shape index (κ2) is 17.0. The van der Waals surface area contributed by atoms with E-state index in [0.717, 1.165) is 54.4 Å². The van der Waals surface area contributed by atoms with Gasteiger partial charge in [-0.3, -0.25) is 5.43 Å². The van der Waals surface area contributed by atoms with Crippen molar-refractivity contribution in [1.82, 2.24) is 9.97 Å². The van der Waals surface area contributed by atoms with Gasteiger partial charge in [0.1, 0.15) is 0 Å². The van der Waals surface area contributed by atoms with Crippen LogP contribution in [0.15, 0.2) is 64.8 Å². The van der Waals surface area contributed by atoms with Crippen molar-refractivity contribution in [2.24, 2.45) is 10.2 Å². The monoisotopic (exact) mass is 608 g/mol. The highest BCUT2D eigenvalue weighted by Gasteiger charge is 2.06. The SMILES string of the molecule is Cc1cc(N/N=C/c2ccc(N(CCCl)CCCl)cc2)nc(N/N=C\c2ccc(N(CCCl)CCCl)cc2)n1. The lowest BCUT2D eigenvalue weighted by Crippen LogP contribution is -2.27. The highest BCUT2D eigenvalue weighted by atomic mass is 35.5. The van der Waals surface area contributed by atoms with Crippen LogP contribution in [0.2, 0.25) is 0 Å². The molecule has 3 aromatic rings. The minimum absolute atomic E-state index is 0.360. The first kappa shape index (κ1) is 30.8. The Bertz CT molecular complexity index is 1090. The number of halogens is 4.